The number of rotatable bonds is 8. The lowest BCUT2D eigenvalue weighted by Gasteiger charge is -2.10. The van der Waals surface area contributed by atoms with Crippen LogP contribution in [0.25, 0.3) is 6.08 Å². The molecule has 6 nitrogen and oxygen atoms in total. The Balaban J connectivity index is 1.63. The molecule has 0 heterocycles. The van der Waals surface area contributed by atoms with Crippen molar-refractivity contribution in [1.82, 2.24) is 0 Å². The summed E-state index contributed by atoms with van der Waals surface area (Å²) in [6.45, 7) is -3.02. The van der Waals surface area contributed by atoms with Crippen LogP contribution in [0.15, 0.2) is 78.2 Å². The van der Waals surface area contributed by atoms with Crippen LogP contribution in [-0.4, -0.2) is 20.9 Å². The first kappa shape index (κ1) is 23.2. The Morgan fingerprint density at radius 3 is 2.25 bits per heavy atom. The van der Waals surface area contributed by atoms with Gasteiger partial charge >= 0.3 is 6.61 Å². The van der Waals surface area contributed by atoms with Crippen molar-refractivity contribution < 1.29 is 26.7 Å². The van der Waals surface area contributed by atoms with Gasteiger partial charge in [-0.3, -0.25) is 9.52 Å². The molecule has 0 aliphatic heterocycles. The van der Waals surface area contributed by atoms with Crippen molar-refractivity contribution in [2.24, 2.45) is 0 Å². The summed E-state index contributed by atoms with van der Waals surface area (Å²) in [7, 11) is -3.74. The number of carbonyl (C=O) groups is 1. The van der Waals surface area contributed by atoms with Crippen LogP contribution in [0, 0.1) is 0 Å². The normalized spacial score (nSPS) is 11.5. The predicted molar refractivity (Wildman–Crippen MR) is 120 cm³/mol. The molecule has 0 saturated heterocycles. The van der Waals surface area contributed by atoms with Gasteiger partial charge in [0.05, 0.1) is 10.4 Å². The number of halogens is 3. The maximum Gasteiger partial charge on any atom is 0.387 e. The molecule has 0 aliphatic carbocycles. The van der Waals surface area contributed by atoms with Gasteiger partial charge in [0.1, 0.15) is 5.75 Å². The van der Waals surface area contributed by atoms with E-state index in [9.17, 15) is 22.0 Å². The lowest BCUT2D eigenvalue weighted by Crippen LogP contribution is -2.13. The zero-order valence-electron chi connectivity index (χ0n) is 16.3. The molecule has 3 aromatic rings. The lowest BCUT2D eigenvalue weighted by atomic mass is 10.2. The van der Waals surface area contributed by atoms with Gasteiger partial charge in [0.25, 0.3) is 15.9 Å². The number of benzene rings is 3. The molecule has 1 amide bonds. The van der Waals surface area contributed by atoms with Crippen molar-refractivity contribution in [2.75, 3.05) is 10.0 Å². The number of anilines is 2. The molecule has 0 unspecified atom stereocenters. The summed E-state index contributed by atoms with van der Waals surface area (Å²) < 4.78 is 55.6. The van der Waals surface area contributed by atoms with Gasteiger partial charge < -0.3 is 10.1 Å². The van der Waals surface area contributed by atoms with Gasteiger partial charge in [-0.05, 0) is 54.1 Å². The second kappa shape index (κ2) is 10.3. The smallest absolute Gasteiger partial charge is 0.387 e. The molecule has 0 fully saturated rings. The van der Waals surface area contributed by atoms with Gasteiger partial charge in [-0.1, -0.05) is 41.9 Å². The summed E-state index contributed by atoms with van der Waals surface area (Å²) in [6, 6.07) is 18.6. The Morgan fingerprint density at radius 1 is 0.969 bits per heavy atom. The molecule has 2 N–H and O–H groups in total. The molecule has 10 heteroatoms. The van der Waals surface area contributed by atoms with E-state index in [0.717, 1.165) is 11.0 Å². The summed E-state index contributed by atoms with van der Waals surface area (Å²) in [5.74, 6) is -0.709. The highest BCUT2D eigenvalue weighted by Gasteiger charge is 2.12. The SMILES string of the molecule is O=C(Nc1ccc(OC(F)F)c(Cl)c1)c1ccc(NS(=O)(=O)/C=C/c2ccccc2)cc1. The van der Waals surface area contributed by atoms with Crippen LogP contribution in [0.5, 0.6) is 5.75 Å². The van der Waals surface area contributed by atoms with Crippen LogP contribution in [0.4, 0.5) is 20.2 Å². The Bertz CT molecular complexity index is 1220. The number of amides is 1. The van der Waals surface area contributed by atoms with E-state index >= 15 is 0 Å². The molecule has 0 spiro atoms. The Labute approximate surface area is 188 Å². The number of sulfonamides is 1. The minimum absolute atomic E-state index is 0.0867. The second-order valence-corrected chi connectivity index (χ2v) is 8.39. The van der Waals surface area contributed by atoms with Gasteiger partial charge in [0, 0.05) is 16.9 Å². The lowest BCUT2D eigenvalue weighted by molar-refractivity contribution is -0.0497. The summed E-state index contributed by atoms with van der Waals surface area (Å²) in [4.78, 5) is 12.4. The molecule has 0 radical (unpaired) electrons. The predicted octanol–water partition coefficient (Wildman–Crippen LogP) is 5.61. The molecule has 0 bridgehead atoms. The Morgan fingerprint density at radius 2 is 1.62 bits per heavy atom. The number of carbonyl (C=O) groups excluding carboxylic acids is 1. The fourth-order valence-corrected chi connectivity index (χ4v) is 3.69. The van der Waals surface area contributed by atoms with Crippen LogP contribution in [0.1, 0.15) is 15.9 Å². The third-order valence-corrected chi connectivity index (χ3v) is 5.36. The molecule has 3 rings (SSSR count). The van der Waals surface area contributed by atoms with Gasteiger partial charge in [-0.25, -0.2) is 8.42 Å². The van der Waals surface area contributed by atoms with E-state index in [1.165, 1.54) is 48.5 Å². The molecule has 32 heavy (non-hydrogen) atoms. The minimum Gasteiger partial charge on any atom is -0.433 e. The van der Waals surface area contributed by atoms with E-state index < -0.39 is 22.5 Å². The van der Waals surface area contributed by atoms with Crippen LogP contribution < -0.4 is 14.8 Å². The van der Waals surface area contributed by atoms with E-state index in [1.54, 1.807) is 24.3 Å². The molecular formula is C22H17ClF2N2O4S. The van der Waals surface area contributed by atoms with Crippen molar-refractivity contribution in [2.45, 2.75) is 6.61 Å². The van der Waals surface area contributed by atoms with Crippen molar-refractivity contribution in [3.63, 3.8) is 0 Å². The highest BCUT2D eigenvalue weighted by molar-refractivity contribution is 7.95. The fraction of sp³-hybridized carbons (Fsp3) is 0.0455. The Hall–Kier alpha value is -3.43. The first-order valence-corrected chi connectivity index (χ1v) is 11.1. The molecular weight excluding hydrogens is 462 g/mol. The number of hydrogen-bond donors (Lipinski definition) is 2. The molecule has 0 aliphatic rings. The second-order valence-electron chi connectivity index (χ2n) is 6.42. The molecule has 166 valence electrons. The highest BCUT2D eigenvalue weighted by Crippen LogP contribution is 2.29. The third kappa shape index (κ3) is 6.79. The van der Waals surface area contributed by atoms with Crippen molar-refractivity contribution >= 4 is 45.0 Å². The fourth-order valence-electron chi connectivity index (χ4n) is 2.59. The average Bonchev–Trinajstić information content (AvgIpc) is 2.75. The number of ether oxygens (including phenoxy) is 1. The van der Waals surface area contributed by atoms with Crippen LogP contribution in [0.2, 0.25) is 5.02 Å². The molecule has 0 aromatic heterocycles. The zero-order valence-corrected chi connectivity index (χ0v) is 17.9. The van der Waals surface area contributed by atoms with E-state index in [-0.39, 0.29) is 27.7 Å². The van der Waals surface area contributed by atoms with E-state index in [0.29, 0.717) is 0 Å². The summed E-state index contributed by atoms with van der Waals surface area (Å²) in [5, 5.41) is 3.53. The zero-order chi connectivity index (χ0) is 23.1. The first-order valence-electron chi connectivity index (χ1n) is 9.13. The van der Waals surface area contributed by atoms with Crippen molar-refractivity contribution in [1.29, 1.82) is 0 Å². The third-order valence-electron chi connectivity index (χ3n) is 4.05. The maximum atomic E-state index is 12.4. The van der Waals surface area contributed by atoms with Crippen LogP contribution in [0.3, 0.4) is 0 Å². The molecule has 0 atom stereocenters. The quantitative estimate of drug-likeness (QED) is 0.441. The van der Waals surface area contributed by atoms with Crippen molar-refractivity contribution in [3.05, 3.63) is 94.4 Å². The van der Waals surface area contributed by atoms with Gasteiger partial charge in [-0.15, -0.1) is 0 Å². The number of alkyl halides is 2. The average molecular weight is 479 g/mol. The standard InChI is InChI=1S/C22H17ClF2N2O4S/c23-19-14-18(10-11-20(19)31-22(24)25)26-21(28)16-6-8-17(9-7-16)27-32(29,30)13-12-15-4-2-1-3-5-15/h1-14,22,27H,(H,26,28)/b13-12+. The molecule has 3 aromatic carbocycles. The van der Waals surface area contributed by atoms with Crippen molar-refractivity contribution in [3.8, 4) is 5.75 Å². The topological polar surface area (TPSA) is 84.5 Å². The van der Waals surface area contributed by atoms with E-state index in [2.05, 4.69) is 14.8 Å². The summed E-state index contributed by atoms with van der Waals surface area (Å²) in [6.07, 6.45) is 1.47. The van der Waals surface area contributed by atoms with Crippen LogP contribution >= 0.6 is 11.6 Å². The largest absolute Gasteiger partial charge is 0.433 e. The Kier molecular flexibility index (Phi) is 7.45. The van der Waals surface area contributed by atoms with E-state index in [4.69, 9.17) is 11.6 Å². The minimum atomic E-state index is -3.74. The number of hydrogen-bond acceptors (Lipinski definition) is 4. The molecule has 0 saturated carbocycles. The van der Waals surface area contributed by atoms with Crippen LogP contribution in [-0.2, 0) is 10.0 Å². The summed E-state index contributed by atoms with van der Waals surface area (Å²) in [5.41, 5.74) is 1.53. The maximum absolute atomic E-state index is 12.4. The van der Waals surface area contributed by atoms with Gasteiger partial charge in [-0.2, -0.15) is 8.78 Å². The monoisotopic (exact) mass is 478 g/mol. The first-order chi connectivity index (χ1) is 15.2. The van der Waals surface area contributed by atoms with Gasteiger partial charge in [0.15, 0.2) is 0 Å². The summed E-state index contributed by atoms with van der Waals surface area (Å²) >= 11 is 5.87. The van der Waals surface area contributed by atoms with Gasteiger partial charge in [0.2, 0.25) is 0 Å². The highest BCUT2D eigenvalue weighted by atomic mass is 35.5. The van der Waals surface area contributed by atoms with E-state index in [1.807, 2.05) is 6.07 Å². The number of nitrogens with one attached hydrogen (secondary N) is 2.